The predicted octanol–water partition coefficient (Wildman–Crippen LogP) is 1.44. The van der Waals surface area contributed by atoms with Crippen LogP contribution in [0.3, 0.4) is 0 Å². The van der Waals surface area contributed by atoms with E-state index in [0.717, 1.165) is 11.4 Å². The van der Waals surface area contributed by atoms with Crippen molar-refractivity contribution in [3.63, 3.8) is 0 Å². The molecule has 0 aromatic heterocycles. The van der Waals surface area contributed by atoms with Crippen molar-refractivity contribution in [2.45, 2.75) is 20.0 Å². The summed E-state index contributed by atoms with van der Waals surface area (Å²) in [4.78, 5) is 10.8. The number of aliphatic hydroxyl groups is 1. The molecule has 15 heavy (non-hydrogen) atoms. The number of carbonyl (C=O) groups is 1. The van der Waals surface area contributed by atoms with Crippen LogP contribution in [0.5, 0.6) is 0 Å². The minimum Gasteiger partial charge on any atom is -0.392 e. The number of aliphatic hydroxyl groups excluding tert-OH is 1. The van der Waals surface area contributed by atoms with Crippen LogP contribution >= 0.6 is 0 Å². The average molecular weight is 208 g/mol. The van der Waals surface area contributed by atoms with E-state index < -0.39 is 0 Å². The molecule has 82 valence electrons. The van der Waals surface area contributed by atoms with Crippen molar-refractivity contribution in [2.24, 2.45) is 0 Å². The summed E-state index contributed by atoms with van der Waals surface area (Å²) >= 11 is 0. The SMILES string of the molecule is CC(=O)Nc1ccc(NCC(C)O)cc1. The zero-order valence-electron chi connectivity index (χ0n) is 8.95. The van der Waals surface area contributed by atoms with Crippen LogP contribution in [0.25, 0.3) is 0 Å². The third-order valence-electron chi connectivity index (χ3n) is 1.81. The van der Waals surface area contributed by atoms with E-state index in [1.54, 1.807) is 6.92 Å². The van der Waals surface area contributed by atoms with Gasteiger partial charge in [-0.05, 0) is 31.2 Å². The molecule has 0 fully saturated rings. The molecular weight excluding hydrogens is 192 g/mol. The minimum absolute atomic E-state index is 0.0836. The van der Waals surface area contributed by atoms with Crippen LogP contribution in [0, 0.1) is 0 Å². The second-order valence-electron chi connectivity index (χ2n) is 3.49. The van der Waals surface area contributed by atoms with Crippen LogP contribution in [-0.4, -0.2) is 23.7 Å². The average Bonchev–Trinajstić information content (AvgIpc) is 2.16. The van der Waals surface area contributed by atoms with Crippen LogP contribution in [0.4, 0.5) is 11.4 Å². The second kappa shape index (κ2) is 5.36. The summed E-state index contributed by atoms with van der Waals surface area (Å²) in [6.07, 6.45) is -0.375. The molecule has 0 saturated carbocycles. The first-order chi connectivity index (χ1) is 7.08. The van der Waals surface area contributed by atoms with Gasteiger partial charge in [-0.2, -0.15) is 0 Å². The van der Waals surface area contributed by atoms with Crippen LogP contribution < -0.4 is 10.6 Å². The Balaban J connectivity index is 2.52. The summed E-state index contributed by atoms with van der Waals surface area (Å²) in [7, 11) is 0. The van der Waals surface area contributed by atoms with Gasteiger partial charge in [-0.1, -0.05) is 0 Å². The number of hydrogen-bond acceptors (Lipinski definition) is 3. The molecule has 0 aliphatic heterocycles. The lowest BCUT2D eigenvalue weighted by molar-refractivity contribution is -0.114. The topological polar surface area (TPSA) is 61.4 Å². The van der Waals surface area contributed by atoms with Gasteiger partial charge in [-0.15, -0.1) is 0 Å². The number of amides is 1. The first-order valence-corrected chi connectivity index (χ1v) is 4.87. The monoisotopic (exact) mass is 208 g/mol. The lowest BCUT2D eigenvalue weighted by atomic mass is 10.2. The minimum atomic E-state index is -0.375. The first-order valence-electron chi connectivity index (χ1n) is 4.87. The van der Waals surface area contributed by atoms with E-state index in [9.17, 15) is 4.79 Å². The maximum atomic E-state index is 10.8. The van der Waals surface area contributed by atoms with Crippen molar-refractivity contribution in [3.05, 3.63) is 24.3 Å². The molecule has 1 aromatic rings. The Morgan fingerprint density at radius 1 is 1.33 bits per heavy atom. The molecule has 4 heteroatoms. The molecule has 1 unspecified atom stereocenters. The van der Waals surface area contributed by atoms with Gasteiger partial charge in [0.25, 0.3) is 0 Å². The number of nitrogens with one attached hydrogen (secondary N) is 2. The van der Waals surface area contributed by atoms with E-state index in [-0.39, 0.29) is 12.0 Å². The smallest absolute Gasteiger partial charge is 0.221 e. The molecule has 0 radical (unpaired) electrons. The Bertz CT molecular complexity index is 320. The molecule has 1 aromatic carbocycles. The molecule has 0 spiro atoms. The van der Waals surface area contributed by atoms with Crippen molar-refractivity contribution in [1.82, 2.24) is 0 Å². The van der Waals surface area contributed by atoms with E-state index in [2.05, 4.69) is 10.6 Å². The van der Waals surface area contributed by atoms with Crippen LogP contribution in [0.15, 0.2) is 24.3 Å². The van der Waals surface area contributed by atoms with E-state index in [4.69, 9.17) is 5.11 Å². The maximum Gasteiger partial charge on any atom is 0.221 e. The molecule has 0 heterocycles. The quantitative estimate of drug-likeness (QED) is 0.701. The van der Waals surface area contributed by atoms with Gasteiger partial charge in [-0.25, -0.2) is 0 Å². The Kier molecular flexibility index (Phi) is 4.12. The molecular formula is C11H16N2O2. The lowest BCUT2D eigenvalue weighted by Gasteiger charge is -2.09. The first kappa shape index (κ1) is 11.5. The van der Waals surface area contributed by atoms with Crippen molar-refractivity contribution >= 4 is 17.3 Å². The van der Waals surface area contributed by atoms with E-state index >= 15 is 0 Å². The van der Waals surface area contributed by atoms with Crippen LogP contribution in [0.1, 0.15) is 13.8 Å². The van der Waals surface area contributed by atoms with Crippen molar-refractivity contribution in [1.29, 1.82) is 0 Å². The lowest BCUT2D eigenvalue weighted by Crippen LogP contribution is -2.15. The summed E-state index contributed by atoms with van der Waals surface area (Å²) in [6.45, 7) is 3.71. The number of rotatable bonds is 4. The van der Waals surface area contributed by atoms with Gasteiger partial charge in [0, 0.05) is 24.8 Å². The van der Waals surface area contributed by atoms with Gasteiger partial charge in [0.2, 0.25) is 5.91 Å². The van der Waals surface area contributed by atoms with Gasteiger partial charge in [-0.3, -0.25) is 4.79 Å². The summed E-state index contributed by atoms with van der Waals surface area (Å²) in [5.74, 6) is -0.0836. The molecule has 1 atom stereocenters. The van der Waals surface area contributed by atoms with Crippen molar-refractivity contribution < 1.29 is 9.90 Å². The summed E-state index contributed by atoms with van der Waals surface area (Å²) in [5, 5.41) is 14.8. The highest BCUT2D eigenvalue weighted by atomic mass is 16.3. The van der Waals surface area contributed by atoms with Crippen molar-refractivity contribution in [3.8, 4) is 0 Å². The molecule has 1 rings (SSSR count). The molecule has 3 N–H and O–H groups in total. The fraction of sp³-hybridized carbons (Fsp3) is 0.364. The van der Waals surface area contributed by atoms with Crippen LogP contribution in [-0.2, 0) is 4.79 Å². The van der Waals surface area contributed by atoms with Crippen LogP contribution in [0.2, 0.25) is 0 Å². The Morgan fingerprint density at radius 2 is 1.87 bits per heavy atom. The van der Waals surface area contributed by atoms with E-state index in [0.29, 0.717) is 6.54 Å². The second-order valence-corrected chi connectivity index (χ2v) is 3.49. The van der Waals surface area contributed by atoms with Gasteiger partial charge in [0.15, 0.2) is 0 Å². The Morgan fingerprint density at radius 3 is 2.33 bits per heavy atom. The highest BCUT2D eigenvalue weighted by molar-refractivity contribution is 5.88. The van der Waals surface area contributed by atoms with E-state index in [1.807, 2.05) is 24.3 Å². The predicted molar refractivity (Wildman–Crippen MR) is 60.9 cm³/mol. The Hall–Kier alpha value is -1.55. The number of hydrogen-bond donors (Lipinski definition) is 3. The Labute approximate surface area is 89.3 Å². The van der Waals surface area contributed by atoms with Gasteiger partial charge in [0.05, 0.1) is 6.10 Å². The summed E-state index contributed by atoms with van der Waals surface area (Å²) in [6, 6.07) is 7.33. The fourth-order valence-corrected chi connectivity index (χ4v) is 1.14. The number of benzene rings is 1. The number of carbonyl (C=O) groups excluding carboxylic acids is 1. The zero-order valence-corrected chi connectivity index (χ0v) is 8.95. The molecule has 0 saturated heterocycles. The molecule has 1 amide bonds. The highest BCUT2D eigenvalue weighted by Crippen LogP contribution is 2.13. The number of anilines is 2. The summed E-state index contributed by atoms with van der Waals surface area (Å²) in [5.41, 5.74) is 1.69. The fourth-order valence-electron chi connectivity index (χ4n) is 1.14. The van der Waals surface area contributed by atoms with Gasteiger partial charge < -0.3 is 15.7 Å². The van der Waals surface area contributed by atoms with E-state index in [1.165, 1.54) is 6.92 Å². The largest absolute Gasteiger partial charge is 0.392 e. The van der Waals surface area contributed by atoms with Crippen molar-refractivity contribution in [2.75, 3.05) is 17.2 Å². The third kappa shape index (κ3) is 4.46. The van der Waals surface area contributed by atoms with Gasteiger partial charge in [0.1, 0.15) is 0 Å². The molecule has 4 nitrogen and oxygen atoms in total. The third-order valence-corrected chi connectivity index (χ3v) is 1.81. The maximum absolute atomic E-state index is 10.8. The standard InChI is InChI=1S/C11H16N2O2/c1-8(14)7-12-10-3-5-11(6-4-10)13-9(2)15/h3-6,8,12,14H,7H2,1-2H3,(H,13,15). The van der Waals surface area contributed by atoms with Gasteiger partial charge >= 0.3 is 0 Å². The normalized spacial score (nSPS) is 11.9. The zero-order chi connectivity index (χ0) is 11.3. The molecule has 0 aliphatic carbocycles. The molecule has 0 bridgehead atoms. The summed E-state index contributed by atoms with van der Waals surface area (Å²) < 4.78 is 0. The highest BCUT2D eigenvalue weighted by Gasteiger charge is 1.97. The molecule has 0 aliphatic rings.